The summed E-state index contributed by atoms with van der Waals surface area (Å²) in [5.41, 5.74) is 3.74. The summed E-state index contributed by atoms with van der Waals surface area (Å²) in [6.45, 7) is 1.87. The molecule has 1 aromatic heterocycles. The lowest BCUT2D eigenvalue weighted by Crippen LogP contribution is -2.20. The number of hydrogen-bond acceptors (Lipinski definition) is 3. The molecular formula is C26H22FN3O2. The van der Waals surface area contributed by atoms with E-state index in [1.54, 1.807) is 10.6 Å². The standard InChI is InChI=1S/C26H22FN3O2/c1-17-11-12-21(32-17)15-22-26(31)30-16-24(19-8-4-3-5-9-19)29(2)23(25(30)28-22)14-18-7-6-10-20(27)13-18/h3-13,16H,14-15H2,1-2H3. The highest BCUT2D eigenvalue weighted by atomic mass is 19.1. The molecule has 0 saturated carbocycles. The van der Waals surface area contributed by atoms with Crippen molar-refractivity contribution in [2.75, 3.05) is 0 Å². The molecule has 5 nitrogen and oxygen atoms in total. The predicted molar refractivity (Wildman–Crippen MR) is 121 cm³/mol. The maximum absolute atomic E-state index is 13.9. The van der Waals surface area contributed by atoms with Gasteiger partial charge in [0.1, 0.15) is 23.0 Å². The molecule has 0 unspecified atom stereocenters. The number of benzene rings is 2. The van der Waals surface area contributed by atoms with Gasteiger partial charge in [-0.05, 0) is 42.3 Å². The SMILES string of the molecule is Cc1ccc(Cc2nc3c(Cc4cccc(F)c4)n(C)c(-c4ccccc4)cn-3c2=O)o1. The number of furan rings is 1. The van der Waals surface area contributed by atoms with E-state index in [9.17, 15) is 9.18 Å². The summed E-state index contributed by atoms with van der Waals surface area (Å²) in [6, 6.07) is 20.1. The summed E-state index contributed by atoms with van der Waals surface area (Å²) in [6.07, 6.45) is 2.58. The molecule has 0 bridgehead atoms. The lowest BCUT2D eigenvalue weighted by molar-refractivity contribution is 0.491. The molecule has 0 radical (unpaired) electrons. The molecule has 2 aliphatic heterocycles. The molecule has 0 N–H and O–H groups in total. The Hall–Kier alpha value is -3.93. The summed E-state index contributed by atoms with van der Waals surface area (Å²) in [4.78, 5) is 18.0. The van der Waals surface area contributed by atoms with Crippen LogP contribution in [0.2, 0.25) is 0 Å². The molecule has 160 valence electrons. The maximum atomic E-state index is 13.9. The van der Waals surface area contributed by atoms with E-state index in [2.05, 4.69) is 0 Å². The van der Waals surface area contributed by atoms with Crippen molar-refractivity contribution >= 4 is 0 Å². The second-order valence-electron chi connectivity index (χ2n) is 7.94. The highest BCUT2D eigenvalue weighted by Crippen LogP contribution is 2.26. The van der Waals surface area contributed by atoms with E-state index < -0.39 is 0 Å². The van der Waals surface area contributed by atoms with Crippen LogP contribution in [-0.2, 0) is 19.9 Å². The van der Waals surface area contributed by atoms with Gasteiger partial charge in [0.05, 0.1) is 17.8 Å². The van der Waals surface area contributed by atoms with Gasteiger partial charge in [0, 0.05) is 19.7 Å². The van der Waals surface area contributed by atoms with Gasteiger partial charge in [-0.1, -0.05) is 42.5 Å². The molecule has 3 heterocycles. The normalized spacial score (nSPS) is 11.3. The molecule has 0 spiro atoms. The first-order valence-electron chi connectivity index (χ1n) is 10.4. The molecule has 0 fully saturated rings. The third-order valence-corrected chi connectivity index (χ3v) is 5.68. The number of aromatic nitrogens is 3. The van der Waals surface area contributed by atoms with Gasteiger partial charge in [-0.2, -0.15) is 0 Å². The Morgan fingerprint density at radius 3 is 2.53 bits per heavy atom. The van der Waals surface area contributed by atoms with Gasteiger partial charge in [0.2, 0.25) is 0 Å². The third-order valence-electron chi connectivity index (χ3n) is 5.68. The highest BCUT2D eigenvalue weighted by molar-refractivity contribution is 5.61. The molecule has 2 aliphatic rings. The molecule has 0 saturated heterocycles. The Morgan fingerprint density at radius 1 is 1.00 bits per heavy atom. The van der Waals surface area contributed by atoms with Crippen molar-refractivity contribution in [1.82, 2.24) is 14.1 Å². The third kappa shape index (κ3) is 3.64. The molecular weight excluding hydrogens is 405 g/mol. The van der Waals surface area contributed by atoms with Gasteiger partial charge in [-0.3, -0.25) is 9.36 Å². The lowest BCUT2D eigenvalue weighted by atomic mass is 10.1. The Kier molecular flexibility index (Phi) is 4.98. The first-order valence-corrected chi connectivity index (χ1v) is 10.4. The van der Waals surface area contributed by atoms with Crippen LogP contribution < -0.4 is 5.56 Å². The van der Waals surface area contributed by atoms with Crippen molar-refractivity contribution in [1.29, 1.82) is 0 Å². The molecule has 0 atom stereocenters. The van der Waals surface area contributed by atoms with Crippen LogP contribution in [0.15, 0.2) is 82.1 Å². The van der Waals surface area contributed by atoms with E-state index in [0.717, 1.165) is 28.3 Å². The minimum Gasteiger partial charge on any atom is -0.466 e. The fraction of sp³-hybridized carbons (Fsp3) is 0.154. The first kappa shape index (κ1) is 20.0. The smallest absolute Gasteiger partial charge is 0.278 e. The van der Waals surface area contributed by atoms with Crippen molar-refractivity contribution in [3.63, 3.8) is 0 Å². The van der Waals surface area contributed by atoms with Crippen molar-refractivity contribution in [2.45, 2.75) is 19.8 Å². The summed E-state index contributed by atoms with van der Waals surface area (Å²) in [7, 11) is 1.95. The van der Waals surface area contributed by atoms with E-state index >= 15 is 0 Å². The quantitative estimate of drug-likeness (QED) is 0.401. The average Bonchev–Trinajstić information content (AvgIpc) is 3.33. The van der Waals surface area contributed by atoms with Crippen LogP contribution in [0.3, 0.4) is 0 Å². The molecule has 0 aliphatic carbocycles. The number of aryl methyl sites for hydroxylation is 1. The molecule has 32 heavy (non-hydrogen) atoms. The summed E-state index contributed by atoms with van der Waals surface area (Å²) >= 11 is 0. The number of hydrogen-bond donors (Lipinski definition) is 0. The monoisotopic (exact) mass is 427 g/mol. The first-order chi connectivity index (χ1) is 15.5. The van der Waals surface area contributed by atoms with Gasteiger partial charge in [0.15, 0.2) is 5.82 Å². The Bertz CT molecular complexity index is 1430. The van der Waals surface area contributed by atoms with Crippen LogP contribution in [0.4, 0.5) is 4.39 Å². The average molecular weight is 427 g/mol. The van der Waals surface area contributed by atoms with E-state index in [1.807, 2.05) is 73.3 Å². The number of imidazole rings is 1. The van der Waals surface area contributed by atoms with E-state index in [4.69, 9.17) is 9.40 Å². The molecule has 6 heteroatoms. The topological polar surface area (TPSA) is 53.0 Å². The number of nitrogens with zero attached hydrogens (tertiary/aromatic N) is 3. The van der Waals surface area contributed by atoms with Gasteiger partial charge in [0.25, 0.3) is 5.56 Å². The minimum absolute atomic E-state index is 0.174. The Balaban J connectivity index is 1.70. The lowest BCUT2D eigenvalue weighted by Gasteiger charge is -2.19. The van der Waals surface area contributed by atoms with Crippen molar-refractivity contribution in [3.05, 3.63) is 118 Å². The summed E-state index contributed by atoms with van der Waals surface area (Å²) < 4.78 is 23.1. The molecule has 5 rings (SSSR count). The molecule has 3 aromatic rings. The summed E-state index contributed by atoms with van der Waals surface area (Å²) in [5, 5.41) is 0. The fourth-order valence-electron chi connectivity index (χ4n) is 4.07. The van der Waals surface area contributed by atoms with Crippen LogP contribution in [0.25, 0.3) is 17.1 Å². The van der Waals surface area contributed by atoms with Crippen molar-refractivity contribution < 1.29 is 8.81 Å². The number of rotatable bonds is 5. The highest BCUT2D eigenvalue weighted by Gasteiger charge is 2.23. The van der Waals surface area contributed by atoms with Gasteiger partial charge >= 0.3 is 0 Å². The van der Waals surface area contributed by atoms with Crippen LogP contribution in [-0.4, -0.2) is 14.1 Å². The minimum atomic E-state index is -0.290. The van der Waals surface area contributed by atoms with Gasteiger partial charge in [-0.15, -0.1) is 0 Å². The zero-order valence-electron chi connectivity index (χ0n) is 17.9. The zero-order chi connectivity index (χ0) is 22.2. The van der Waals surface area contributed by atoms with Crippen molar-refractivity contribution in [3.8, 4) is 17.1 Å². The van der Waals surface area contributed by atoms with Crippen LogP contribution in [0.5, 0.6) is 0 Å². The number of halogens is 1. The van der Waals surface area contributed by atoms with Crippen LogP contribution >= 0.6 is 0 Å². The van der Waals surface area contributed by atoms with Gasteiger partial charge < -0.3 is 8.98 Å². The van der Waals surface area contributed by atoms with E-state index in [1.165, 1.54) is 12.1 Å². The fourth-order valence-corrected chi connectivity index (χ4v) is 4.07. The zero-order valence-corrected chi connectivity index (χ0v) is 17.9. The maximum Gasteiger partial charge on any atom is 0.278 e. The Morgan fingerprint density at radius 2 is 1.81 bits per heavy atom. The predicted octanol–water partition coefficient (Wildman–Crippen LogP) is 4.90. The second-order valence-corrected chi connectivity index (χ2v) is 7.94. The molecule has 0 amide bonds. The van der Waals surface area contributed by atoms with E-state index in [-0.39, 0.29) is 11.4 Å². The van der Waals surface area contributed by atoms with Crippen molar-refractivity contribution in [2.24, 2.45) is 7.05 Å². The van der Waals surface area contributed by atoms with Crippen LogP contribution in [0, 0.1) is 12.7 Å². The second kappa shape index (κ2) is 7.96. The molecule has 2 aromatic carbocycles. The largest absolute Gasteiger partial charge is 0.466 e. The Labute approximate surface area is 184 Å². The van der Waals surface area contributed by atoms with Gasteiger partial charge in [-0.25, -0.2) is 9.37 Å². The number of fused-ring (bicyclic) bond motifs is 1. The van der Waals surface area contributed by atoms with Crippen LogP contribution in [0.1, 0.15) is 28.5 Å². The van der Waals surface area contributed by atoms with E-state index in [0.29, 0.717) is 30.1 Å². The summed E-state index contributed by atoms with van der Waals surface area (Å²) in [5.74, 6) is 1.77.